The van der Waals surface area contributed by atoms with Crippen molar-refractivity contribution in [1.29, 1.82) is 0 Å². The van der Waals surface area contributed by atoms with E-state index >= 15 is 0 Å². The van der Waals surface area contributed by atoms with E-state index in [0.29, 0.717) is 28.6 Å². The molecule has 0 aliphatic rings. The number of nitrogens with zero attached hydrogens (tertiary/aromatic N) is 5. The molecule has 3 rings (SSSR count). The summed E-state index contributed by atoms with van der Waals surface area (Å²) in [6.45, 7) is 1.50. The third-order valence-electron chi connectivity index (χ3n) is 3.05. The van der Waals surface area contributed by atoms with Crippen LogP contribution in [0.4, 0.5) is 0 Å². The number of hydrogen-bond donors (Lipinski definition) is 0. The van der Waals surface area contributed by atoms with Crippen molar-refractivity contribution in [3.05, 3.63) is 42.1 Å². The molecule has 3 aromatic rings. The minimum absolute atomic E-state index is 0.0807. The number of fused-ring (bicyclic) bond motifs is 1. The van der Waals surface area contributed by atoms with E-state index < -0.39 is 0 Å². The molecule has 0 spiro atoms. The Labute approximate surface area is 126 Å². The van der Waals surface area contributed by atoms with Crippen molar-refractivity contribution >= 4 is 17.6 Å². The van der Waals surface area contributed by atoms with Crippen molar-refractivity contribution in [2.75, 3.05) is 14.1 Å². The van der Waals surface area contributed by atoms with E-state index in [2.05, 4.69) is 15.1 Å². The monoisotopic (exact) mass is 297 g/mol. The topological polar surface area (TPSA) is 76.5 Å². The van der Waals surface area contributed by atoms with Crippen molar-refractivity contribution in [3.8, 4) is 11.6 Å². The maximum atomic E-state index is 11.8. The Bertz CT molecular complexity index is 846. The zero-order chi connectivity index (χ0) is 15.7. The van der Waals surface area contributed by atoms with Crippen molar-refractivity contribution < 1.29 is 9.21 Å². The molecule has 0 radical (unpaired) electrons. The Morgan fingerprint density at radius 1 is 1.41 bits per heavy atom. The summed E-state index contributed by atoms with van der Waals surface area (Å²) in [5.41, 5.74) is 1.12. The summed E-state index contributed by atoms with van der Waals surface area (Å²) in [5, 5.41) is 4.40. The van der Waals surface area contributed by atoms with Crippen molar-refractivity contribution in [2.24, 2.45) is 0 Å². The predicted molar refractivity (Wildman–Crippen MR) is 81.2 cm³/mol. The van der Waals surface area contributed by atoms with Gasteiger partial charge in [-0.2, -0.15) is 9.50 Å². The van der Waals surface area contributed by atoms with E-state index in [-0.39, 0.29) is 5.78 Å². The third-order valence-corrected chi connectivity index (χ3v) is 3.05. The Kier molecular flexibility index (Phi) is 3.46. The first-order valence-corrected chi connectivity index (χ1v) is 6.71. The Balaban J connectivity index is 2.22. The van der Waals surface area contributed by atoms with Gasteiger partial charge in [0.2, 0.25) is 5.82 Å². The van der Waals surface area contributed by atoms with Crippen LogP contribution in [-0.4, -0.2) is 44.4 Å². The molecular weight excluding hydrogens is 282 g/mol. The fourth-order valence-corrected chi connectivity index (χ4v) is 2.01. The first-order valence-electron chi connectivity index (χ1n) is 6.71. The van der Waals surface area contributed by atoms with Gasteiger partial charge < -0.3 is 9.32 Å². The molecule has 22 heavy (non-hydrogen) atoms. The molecule has 7 nitrogen and oxygen atoms in total. The molecule has 0 fully saturated rings. The van der Waals surface area contributed by atoms with Gasteiger partial charge in [-0.25, -0.2) is 4.98 Å². The van der Waals surface area contributed by atoms with Crippen LogP contribution in [0.3, 0.4) is 0 Å². The molecular formula is C15H15N5O2. The number of rotatable bonds is 4. The van der Waals surface area contributed by atoms with Gasteiger partial charge in [0.1, 0.15) is 0 Å². The average Bonchev–Trinajstić information content (AvgIpc) is 3.12. The van der Waals surface area contributed by atoms with Gasteiger partial charge in [0.15, 0.2) is 11.5 Å². The Hall–Kier alpha value is -2.96. The lowest BCUT2D eigenvalue weighted by Crippen LogP contribution is -2.07. The maximum absolute atomic E-state index is 11.8. The normalized spacial score (nSPS) is 11.4. The first kappa shape index (κ1) is 14.0. The SMILES string of the molecule is CC(=O)c1cnc2nc(-c3ccco3)nn2c1C=CN(C)C. The molecule has 0 bridgehead atoms. The second kappa shape index (κ2) is 5.44. The standard InChI is InChI=1S/C15H15N5O2/c1-10(21)11-9-16-15-17-14(13-5-4-8-22-13)18-20(15)12(11)6-7-19(2)3/h4-9H,1-3H3. The van der Waals surface area contributed by atoms with Crippen LogP contribution in [-0.2, 0) is 0 Å². The molecule has 3 aromatic heterocycles. The third kappa shape index (κ3) is 2.48. The highest BCUT2D eigenvalue weighted by Gasteiger charge is 2.16. The average molecular weight is 297 g/mol. The minimum atomic E-state index is -0.0807. The maximum Gasteiger partial charge on any atom is 0.253 e. The fourth-order valence-electron chi connectivity index (χ4n) is 2.01. The van der Waals surface area contributed by atoms with Crippen LogP contribution in [0, 0.1) is 0 Å². The molecule has 0 aromatic carbocycles. The lowest BCUT2D eigenvalue weighted by atomic mass is 10.1. The van der Waals surface area contributed by atoms with Gasteiger partial charge in [-0.05, 0) is 25.1 Å². The highest BCUT2D eigenvalue weighted by Crippen LogP contribution is 2.19. The number of hydrogen-bond acceptors (Lipinski definition) is 6. The van der Waals surface area contributed by atoms with Crippen LogP contribution in [0.5, 0.6) is 0 Å². The van der Waals surface area contributed by atoms with E-state index in [4.69, 9.17) is 4.42 Å². The number of aromatic nitrogens is 4. The lowest BCUT2D eigenvalue weighted by Gasteiger charge is -2.06. The van der Waals surface area contributed by atoms with Gasteiger partial charge >= 0.3 is 0 Å². The van der Waals surface area contributed by atoms with Crippen LogP contribution in [0.1, 0.15) is 23.0 Å². The minimum Gasteiger partial charge on any atom is -0.461 e. The van der Waals surface area contributed by atoms with Crippen molar-refractivity contribution in [3.63, 3.8) is 0 Å². The second-order valence-corrected chi connectivity index (χ2v) is 5.02. The van der Waals surface area contributed by atoms with E-state index in [1.807, 2.05) is 31.3 Å². The van der Waals surface area contributed by atoms with E-state index in [1.165, 1.54) is 13.1 Å². The van der Waals surface area contributed by atoms with E-state index in [0.717, 1.165) is 0 Å². The van der Waals surface area contributed by atoms with Gasteiger partial charge in [-0.15, -0.1) is 5.10 Å². The summed E-state index contributed by atoms with van der Waals surface area (Å²) < 4.78 is 6.86. The van der Waals surface area contributed by atoms with Crippen molar-refractivity contribution in [1.82, 2.24) is 24.5 Å². The highest BCUT2D eigenvalue weighted by atomic mass is 16.3. The van der Waals surface area contributed by atoms with Crippen LogP contribution >= 0.6 is 0 Å². The van der Waals surface area contributed by atoms with Crippen LogP contribution in [0.25, 0.3) is 23.4 Å². The summed E-state index contributed by atoms with van der Waals surface area (Å²) >= 11 is 0. The van der Waals surface area contributed by atoms with E-state index in [9.17, 15) is 4.79 Å². The van der Waals surface area contributed by atoms with Gasteiger partial charge in [0, 0.05) is 26.5 Å². The number of carbonyl (C=O) groups excluding carboxylic acids is 1. The van der Waals surface area contributed by atoms with E-state index in [1.54, 1.807) is 22.9 Å². The lowest BCUT2D eigenvalue weighted by molar-refractivity contribution is 0.101. The molecule has 0 N–H and O–H groups in total. The number of carbonyl (C=O) groups is 1. The molecule has 7 heteroatoms. The summed E-state index contributed by atoms with van der Waals surface area (Å²) in [6, 6.07) is 3.54. The molecule has 0 saturated heterocycles. The van der Waals surface area contributed by atoms with Gasteiger partial charge in [-0.1, -0.05) is 0 Å². The Morgan fingerprint density at radius 2 is 2.23 bits per heavy atom. The Morgan fingerprint density at radius 3 is 2.86 bits per heavy atom. The molecule has 0 aliphatic carbocycles. The number of Topliss-reactive ketones (excluding diaryl/α,β-unsaturated/α-hetero) is 1. The molecule has 0 unspecified atom stereocenters. The number of ketones is 1. The van der Waals surface area contributed by atoms with Crippen LogP contribution in [0.2, 0.25) is 0 Å². The first-order chi connectivity index (χ1) is 10.6. The molecule has 0 amide bonds. The molecule has 0 saturated carbocycles. The zero-order valence-corrected chi connectivity index (χ0v) is 12.5. The zero-order valence-electron chi connectivity index (χ0n) is 12.5. The molecule has 3 heterocycles. The fraction of sp³-hybridized carbons (Fsp3) is 0.200. The molecule has 0 aliphatic heterocycles. The summed E-state index contributed by atoms with van der Waals surface area (Å²) in [4.78, 5) is 22.2. The summed E-state index contributed by atoms with van der Waals surface area (Å²) in [5.74, 6) is 1.31. The second-order valence-electron chi connectivity index (χ2n) is 5.02. The summed E-state index contributed by atoms with van der Waals surface area (Å²) in [6.07, 6.45) is 6.73. The van der Waals surface area contributed by atoms with Gasteiger partial charge in [0.25, 0.3) is 5.78 Å². The van der Waals surface area contributed by atoms with Crippen molar-refractivity contribution in [2.45, 2.75) is 6.92 Å². The summed E-state index contributed by atoms with van der Waals surface area (Å²) in [7, 11) is 3.80. The molecule has 0 atom stereocenters. The van der Waals surface area contributed by atoms with Gasteiger partial charge in [-0.3, -0.25) is 4.79 Å². The predicted octanol–water partition coefficient (Wildman–Crippen LogP) is 2.12. The smallest absolute Gasteiger partial charge is 0.253 e. The largest absolute Gasteiger partial charge is 0.461 e. The van der Waals surface area contributed by atoms with Gasteiger partial charge in [0.05, 0.1) is 17.5 Å². The number of furan rings is 1. The molecule has 112 valence electrons. The van der Waals surface area contributed by atoms with Crippen LogP contribution < -0.4 is 0 Å². The highest BCUT2D eigenvalue weighted by molar-refractivity contribution is 5.97. The quantitative estimate of drug-likeness (QED) is 0.686. The van der Waals surface area contributed by atoms with Crippen LogP contribution in [0.15, 0.2) is 35.2 Å².